The monoisotopic (exact) mass is 242 g/mol. The van der Waals surface area contributed by atoms with Crippen molar-refractivity contribution in [3.8, 4) is 0 Å². The number of aryl methyl sites for hydroxylation is 2. The van der Waals surface area contributed by atoms with Crippen LogP contribution in [0.2, 0.25) is 0 Å². The molecule has 1 saturated heterocycles. The number of aromatic nitrogens is 2. The number of nitrogens with two attached hydrogens (primary N) is 1. The number of nitrogen functional groups attached to an aromatic ring is 1. The van der Waals surface area contributed by atoms with Gasteiger partial charge < -0.3 is 5.73 Å². The second-order valence-corrected chi connectivity index (χ2v) is 5.89. The molecular formula is C10H18N4OS. The molecule has 0 spiro atoms. The lowest BCUT2D eigenvalue weighted by atomic mass is 10.2. The SMILES string of the molecule is Cc1nn(C)c(N)c1CN1CCS(=O)CC1. The summed E-state index contributed by atoms with van der Waals surface area (Å²) in [6, 6.07) is 0. The zero-order chi connectivity index (χ0) is 11.7. The lowest BCUT2D eigenvalue weighted by Gasteiger charge is -2.25. The maximum Gasteiger partial charge on any atom is 0.126 e. The van der Waals surface area contributed by atoms with Gasteiger partial charge in [0.15, 0.2) is 0 Å². The first kappa shape index (κ1) is 11.6. The van der Waals surface area contributed by atoms with Gasteiger partial charge in [-0.05, 0) is 6.92 Å². The Morgan fingerprint density at radius 2 is 2.06 bits per heavy atom. The minimum atomic E-state index is -0.618. The Hall–Kier alpha value is -0.880. The quantitative estimate of drug-likeness (QED) is 0.785. The molecule has 0 saturated carbocycles. The van der Waals surface area contributed by atoms with E-state index in [1.165, 1.54) is 0 Å². The molecule has 1 aliphatic rings. The van der Waals surface area contributed by atoms with E-state index < -0.39 is 10.8 Å². The molecule has 6 heteroatoms. The summed E-state index contributed by atoms with van der Waals surface area (Å²) in [4.78, 5) is 2.29. The van der Waals surface area contributed by atoms with Gasteiger partial charge in [-0.2, -0.15) is 5.10 Å². The van der Waals surface area contributed by atoms with Crippen molar-refractivity contribution in [3.63, 3.8) is 0 Å². The molecule has 0 atom stereocenters. The number of hydrogen-bond acceptors (Lipinski definition) is 4. The van der Waals surface area contributed by atoms with Gasteiger partial charge in [-0.15, -0.1) is 0 Å². The minimum absolute atomic E-state index is 0.618. The molecule has 0 aromatic carbocycles. The van der Waals surface area contributed by atoms with Gasteiger partial charge >= 0.3 is 0 Å². The predicted molar refractivity (Wildman–Crippen MR) is 65.5 cm³/mol. The Kier molecular flexibility index (Phi) is 3.30. The van der Waals surface area contributed by atoms with Crippen LogP contribution in [0.5, 0.6) is 0 Å². The van der Waals surface area contributed by atoms with Crippen molar-refractivity contribution in [3.05, 3.63) is 11.3 Å². The van der Waals surface area contributed by atoms with Crippen LogP contribution in [0.4, 0.5) is 5.82 Å². The fraction of sp³-hybridized carbons (Fsp3) is 0.700. The van der Waals surface area contributed by atoms with Crippen molar-refractivity contribution >= 4 is 16.6 Å². The summed E-state index contributed by atoms with van der Waals surface area (Å²) in [6.07, 6.45) is 0. The van der Waals surface area contributed by atoms with Crippen LogP contribution >= 0.6 is 0 Å². The molecule has 0 radical (unpaired) electrons. The Labute approximate surface area is 98.1 Å². The summed E-state index contributed by atoms with van der Waals surface area (Å²) in [5.74, 6) is 2.29. The first-order chi connectivity index (χ1) is 7.58. The van der Waals surface area contributed by atoms with Gasteiger partial charge in [-0.25, -0.2) is 0 Å². The van der Waals surface area contributed by atoms with E-state index >= 15 is 0 Å². The zero-order valence-electron chi connectivity index (χ0n) is 9.77. The van der Waals surface area contributed by atoms with Crippen LogP contribution in [-0.4, -0.2) is 43.5 Å². The second-order valence-electron chi connectivity index (χ2n) is 4.20. The summed E-state index contributed by atoms with van der Waals surface area (Å²) >= 11 is 0. The van der Waals surface area contributed by atoms with Crippen molar-refractivity contribution in [2.75, 3.05) is 30.3 Å². The van der Waals surface area contributed by atoms with E-state index in [4.69, 9.17) is 5.73 Å². The highest BCUT2D eigenvalue weighted by molar-refractivity contribution is 7.85. The van der Waals surface area contributed by atoms with Crippen LogP contribution < -0.4 is 5.73 Å². The molecule has 0 amide bonds. The highest BCUT2D eigenvalue weighted by Gasteiger charge is 2.18. The molecule has 2 heterocycles. The Morgan fingerprint density at radius 3 is 2.56 bits per heavy atom. The molecule has 0 aliphatic carbocycles. The Morgan fingerprint density at radius 1 is 1.44 bits per heavy atom. The molecule has 1 aromatic rings. The van der Waals surface area contributed by atoms with Gasteiger partial charge in [0.25, 0.3) is 0 Å². The van der Waals surface area contributed by atoms with E-state index in [2.05, 4.69) is 10.00 Å². The zero-order valence-corrected chi connectivity index (χ0v) is 10.6. The van der Waals surface area contributed by atoms with Gasteiger partial charge in [-0.3, -0.25) is 13.8 Å². The third-order valence-electron chi connectivity index (χ3n) is 3.05. The molecule has 16 heavy (non-hydrogen) atoms. The molecule has 5 nitrogen and oxygen atoms in total. The maximum atomic E-state index is 11.2. The molecule has 1 fully saturated rings. The average Bonchev–Trinajstić information content (AvgIpc) is 2.48. The average molecular weight is 242 g/mol. The van der Waals surface area contributed by atoms with Gasteiger partial charge in [0.05, 0.1) is 5.69 Å². The molecular weight excluding hydrogens is 224 g/mol. The summed E-state index contributed by atoms with van der Waals surface area (Å²) in [6.45, 7) is 4.58. The topological polar surface area (TPSA) is 64.2 Å². The summed E-state index contributed by atoms with van der Waals surface area (Å²) in [7, 11) is 1.24. The van der Waals surface area contributed by atoms with Crippen LogP contribution in [-0.2, 0) is 24.4 Å². The first-order valence-electron chi connectivity index (χ1n) is 5.43. The van der Waals surface area contributed by atoms with Crippen LogP contribution in [0.1, 0.15) is 11.3 Å². The summed E-state index contributed by atoms with van der Waals surface area (Å²) in [5, 5.41) is 4.30. The molecule has 0 bridgehead atoms. The van der Waals surface area contributed by atoms with Crippen LogP contribution in [0.3, 0.4) is 0 Å². The van der Waals surface area contributed by atoms with Crippen LogP contribution in [0.25, 0.3) is 0 Å². The lowest BCUT2D eigenvalue weighted by molar-refractivity contribution is 0.291. The summed E-state index contributed by atoms with van der Waals surface area (Å²) in [5.41, 5.74) is 8.06. The number of anilines is 1. The largest absolute Gasteiger partial charge is 0.384 e. The van der Waals surface area contributed by atoms with Gasteiger partial charge in [-0.1, -0.05) is 0 Å². The summed E-state index contributed by atoms with van der Waals surface area (Å²) < 4.78 is 13.0. The lowest BCUT2D eigenvalue weighted by Crippen LogP contribution is -2.37. The van der Waals surface area contributed by atoms with E-state index in [0.717, 1.165) is 48.2 Å². The van der Waals surface area contributed by atoms with Crippen molar-refractivity contribution in [1.29, 1.82) is 0 Å². The van der Waals surface area contributed by atoms with E-state index in [-0.39, 0.29) is 0 Å². The maximum absolute atomic E-state index is 11.2. The molecule has 2 rings (SSSR count). The molecule has 90 valence electrons. The van der Waals surface area contributed by atoms with Crippen molar-refractivity contribution in [1.82, 2.24) is 14.7 Å². The third kappa shape index (κ3) is 2.27. The standard InChI is InChI=1S/C10H18N4OS/c1-8-9(10(11)13(2)12-8)7-14-3-5-16(15)6-4-14/h3-7,11H2,1-2H3. The smallest absolute Gasteiger partial charge is 0.126 e. The van der Waals surface area contributed by atoms with Crippen LogP contribution in [0.15, 0.2) is 0 Å². The first-order valence-corrected chi connectivity index (χ1v) is 6.92. The number of rotatable bonds is 2. The number of hydrogen-bond donors (Lipinski definition) is 1. The normalized spacial score (nSPS) is 19.1. The Balaban J connectivity index is 2.06. The fourth-order valence-electron chi connectivity index (χ4n) is 1.97. The third-order valence-corrected chi connectivity index (χ3v) is 4.32. The van der Waals surface area contributed by atoms with E-state index in [9.17, 15) is 4.21 Å². The Bertz CT molecular complexity index is 405. The van der Waals surface area contributed by atoms with E-state index in [1.807, 2.05) is 14.0 Å². The van der Waals surface area contributed by atoms with Gasteiger partial charge in [0.2, 0.25) is 0 Å². The highest BCUT2D eigenvalue weighted by atomic mass is 32.2. The van der Waals surface area contributed by atoms with E-state index in [0.29, 0.717) is 0 Å². The van der Waals surface area contributed by atoms with Crippen molar-refractivity contribution < 1.29 is 4.21 Å². The predicted octanol–water partition coefficient (Wildman–Crippen LogP) is -0.125. The highest BCUT2D eigenvalue weighted by Crippen LogP contribution is 2.18. The fourth-order valence-corrected chi connectivity index (χ4v) is 3.10. The van der Waals surface area contributed by atoms with Gasteiger partial charge in [0.1, 0.15) is 5.82 Å². The molecule has 0 unspecified atom stereocenters. The van der Waals surface area contributed by atoms with Gasteiger partial charge in [0, 0.05) is 54.6 Å². The number of nitrogens with zero attached hydrogens (tertiary/aromatic N) is 3. The van der Waals surface area contributed by atoms with Crippen molar-refractivity contribution in [2.24, 2.45) is 7.05 Å². The van der Waals surface area contributed by atoms with E-state index in [1.54, 1.807) is 4.68 Å². The van der Waals surface area contributed by atoms with Crippen LogP contribution in [0, 0.1) is 6.92 Å². The molecule has 1 aromatic heterocycles. The van der Waals surface area contributed by atoms with Crippen molar-refractivity contribution in [2.45, 2.75) is 13.5 Å². The molecule has 1 aliphatic heterocycles. The molecule has 2 N–H and O–H groups in total. The second kappa shape index (κ2) is 4.55. The minimum Gasteiger partial charge on any atom is -0.384 e.